The first kappa shape index (κ1) is 12.5. The van der Waals surface area contributed by atoms with E-state index < -0.39 is 0 Å². The van der Waals surface area contributed by atoms with Crippen molar-refractivity contribution in [3.05, 3.63) is 0 Å². The number of piperidine rings is 1. The minimum atomic E-state index is 0.0422. The number of rotatable bonds is 1. The monoisotopic (exact) mass is 211 g/mol. The van der Waals surface area contributed by atoms with Gasteiger partial charge in [-0.1, -0.05) is 27.7 Å². The second kappa shape index (κ2) is 5.00. The molecular weight excluding hydrogens is 186 g/mol. The highest BCUT2D eigenvalue weighted by Crippen LogP contribution is 2.46. The van der Waals surface area contributed by atoms with Crippen molar-refractivity contribution in [2.45, 2.75) is 53.4 Å². The lowest BCUT2D eigenvalue weighted by Crippen LogP contribution is -2.41. The Labute approximate surface area is 94.0 Å². The van der Waals surface area contributed by atoms with Crippen LogP contribution in [0.2, 0.25) is 0 Å². The van der Waals surface area contributed by atoms with Gasteiger partial charge in [0.25, 0.3) is 0 Å². The molecule has 2 rings (SSSR count). The molecule has 1 saturated carbocycles. The van der Waals surface area contributed by atoms with Crippen molar-refractivity contribution in [3.8, 4) is 0 Å². The van der Waals surface area contributed by atoms with E-state index in [1.807, 2.05) is 13.8 Å². The molecule has 1 saturated heterocycles. The number of hydrogen-bond acceptors (Lipinski definition) is 1. The molecule has 2 nitrogen and oxygen atoms in total. The first-order chi connectivity index (χ1) is 7.12. The first-order valence-electron chi connectivity index (χ1n) is 6.41. The summed E-state index contributed by atoms with van der Waals surface area (Å²) in [6.45, 7) is 10.4. The summed E-state index contributed by atoms with van der Waals surface area (Å²) in [5, 5.41) is 0. The predicted molar refractivity (Wildman–Crippen MR) is 63.7 cm³/mol. The number of nitrogens with zero attached hydrogens (tertiary/aromatic N) is 1. The summed E-state index contributed by atoms with van der Waals surface area (Å²) in [7, 11) is 0. The van der Waals surface area contributed by atoms with Crippen LogP contribution in [0.25, 0.3) is 0 Å². The topological polar surface area (TPSA) is 20.3 Å². The number of carbonyl (C=O) groups is 1. The van der Waals surface area contributed by atoms with E-state index >= 15 is 0 Å². The molecule has 0 aromatic carbocycles. The van der Waals surface area contributed by atoms with Crippen molar-refractivity contribution >= 4 is 5.91 Å². The van der Waals surface area contributed by atoms with Gasteiger partial charge in [-0.25, -0.2) is 0 Å². The summed E-state index contributed by atoms with van der Waals surface area (Å²) in [5.41, 5.74) is 0.0422. The molecule has 0 spiro atoms. The molecule has 1 amide bonds. The average molecular weight is 211 g/mol. The van der Waals surface area contributed by atoms with Gasteiger partial charge in [0, 0.05) is 18.5 Å². The Morgan fingerprint density at radius 1 is 1.20 bits per heavy atom. The zero-order chi connectivity index (χ0) is 11.5. The van der Waals surface area contributed by atoms with E-state index in [0.29, 0.717) is 5.91 Å². The van der Waals surface area contributed by atoms with Crippen LogP contribution < -0.4 is 0 Å². The minimum Gasteiger partial charge on any atom is -0.342 e. The van der Waals surface area contributed by atoms with Crippen LogP contribution >= 0.6 is 0 Å². The van der Waals surface area contributed by atoms with Crippen LogP contribution in [-0.2, 0) is 4.79 Å². The molecule has 0 radical (unpaired) electrons. The number of likely N-dealkylation sites (tertiary alicyclic amines) is 1. The molecule has 2 fully saturated rings. The SMILES string of the molecule is CC.CC1CCN(C(=O)C2(C)CC2)CC1. The highest BCUT2D eigenvalue weighted by Gasteiger charge is 2.47. The molecule has 2 heteroatoms. The smallest absolute Gasteiger partial charge is 0.228 e. The third-order valence-electron chi connectivity index (χ3n) is 3.59. The average Bonchev–Trinajstić information content (AvgIpc) is 3.01. The van der Waals surface area contributed by atoms with E-state index in [2.05, 4.69) is 18.7 Å². The molecule has 0 aromatic heterocycles. The molecule has 0 atom stereocenters. The lowest BCUT2D eigenvalue weighted by molar-refractivity contribution is -0.137. The molecule has 1 aliphatic carbocycles. The number of amides is 1. The van der Waals surface area contributed by atoms with Gasteiger partial charge in [0.05, 0.1) is 0 Å². The lowest BCUT2D eigenvalue weighted by Gasteiger charge is -2.32. The zero-order valence-corrected chi connectivity index (χ0v) is 10.7. The van der Waals surface area contributed by atoms with Gasteiger partial charge >= 0.3 is 0 Å². The van der Waals surface area contributed by atoms with E-state index in [-0.39, 0.29) is 5.41 Å². The highest BCUT2D eigenvalue weighted by atomic mass is 16.2. The Bertz CT molecular complexity index is 213. The maximum atomic E-state index is 11.9. The van der Waals surface area contributed by atoms with E-state index in [9.17, 15) is 4.79 Å². The van der Waals surface area contributed by atoms with Crippen molar-refractivity contribution in [2.24, 2.45) is 11.3 Å². The summed E-state index contributed by atoms with van der Waals surface area (Å²) >= 11 is 0. The Kier molecular flexibility index (Phi) is 4.18. The van der Waals surface area contributed by atoms with Gasteiger partial charge in [-0.05, 0) is 31.6 Å². The molecule has 1 heterocycles. The Balaban J connectivity index is 0.000000531. The fraction of sp³-hybridized carbons (Fsp3) is 0.923. The molecule has 1 aliphatic heterocycles. The van der Waals surface area contributed by atoms with Gasteiger partial charge in [-0.15, -0.1) is 0 Å². The predicted octanol–water partition coefficient (Wildman–Crippen LogP) is 3.07. The standard InChI is InChI=1S/C11H19NO.C2H6/c1-9-3-7-12(8-4-9)10(13)11(2)5-6-11;1-2/h9H,3-8H2,1-2H3;1-2H3. The summed E-state index contributed by atoms with van der Waals surface area (Å²) in [4.78, 5) is 14.0. The fourth-order valence-electron chi connectivity index (χ4n) is 1.99. The second-order valence-electron chi connectivity index (χ2n) is 5.04. The first-order valence-corrected chi connectivity index (χ1v) is 6.41. The van der Waals surface area contributed by atoms with E-state index in [1.165, 1.54) is 12.8 Å². The molecule has 0 N–H and O–H groups in total. The van der Waals surface area contributed by atoms with Gasteiger partial charge in [-0.2, -0.15) is 0 Å². The van der Waals surface area contributed by atoms with Crippen molar-refractivity contribution in [1.29, 1.82) is 0 Å². The zero-order valence-electron chi connectivity index (χ0n) is 10.7. The molecule has 2 aliphatic rings. The fourth-order valence-corrected chi connectivity index (χ4v) is 1.99. The Morgan fingerprint density at radius 2 is 1.67 bits per heavy atom. The maximum Gasteiger partial charge on any atom is 0.228 e. The van der Waals surface area contributed by atoms with Gasteiger partial charge in [0.1, 0.15) is 0 Å². The lowest BCUT2D eigenvalue weighted by atomic mass is 9.97. The molecule has 88 valence electrons. The van der Waals surface area contributed by atoms with Crippen LogP contribution in [0.3, 0.4) is 0 Å². The molecular formula is C13H25NO. The normalized spacial score (nSPS) is 24.1. The second-order valence-corrected chi connectivity index (χ2v) is 5.04. The number of carbonyl (C=O) groups excluding carboxylic acids is 1. The van der Waals surface area contributed by atoms with Gasteiger partial charge in [0.2, 0.25) is 5.91 Å². The van der Waals surface area contributed by atoms with E-state index in [4.69, 9.17) is 0 Å². The van der Waals surface area contributed by atoms with Gasteiger partial charge in [-0.3, -0.25) is 4.79 Å². The molecule has 0 unspecified atom stereocenters. The maximum absolute atomic E-state index is 11.9. The third-order valence-corrected chi connectivity index (χ3v) is 3.59. The quantitative estimate of drug-likeness (QED) is 0.652. The van der Waals surface area contributed by atoms with Crippen LogP contribution in [0.1, 0.15) is 53.4 Å². The molecule has 0 aromatic rings. The summed E-state index contributed by atoms with van der Waals surface area (Å²) in [6, 6.07) is 0. The van der Waals surface area contributed by atoms with Crippen LogP contribution in [-0.4, -0.2) is 23.9 Å². The van der Waals surface area contributed by atoms with Crippen molar-refractivity contribution in [3.63, 3.8) is 0 Å². The molecule has 15 heavy (non-hydrogen) atoms. The largest absolute Gasteiger partial charge is 0.342 e. The van der Waals surface area contributed by atoms with E-state index in [0.717, 1.165) is 31.8 Å². The highest BCUT2D eigenvalue weighted by molar-refractivity contribution is 5.84. The van der Waals surface area contributed by atoms with Crippen molar-refractivity contribution < 1.29 is 4.79 Å². The van der Waals surface area contributed by atoms with E-state index in [1.54, 1.807) is 0 Å². The third kappa shape index (κ3) is 2.96. The summed E-state index contributed by atoms with van der Waals surface area (Å²) in [6.07, 6.45) is 4.61. The Hall–Kier alpha value is -0.530. The van der Waals surface area contributed by atoms with Crippen molar-refractivity contribution in [1.82, 2.24) is 4.90 Å². The van der Waals surface area contributed by atoms with Crippen LogP contribution in [0.4, 0.5) is 0 Å². The van der Waals surface area contributed by atoms with Gasteiger partial charge in [0.15, 0.2) is 0 Å². The van der Waals surface area contributed by atoms with Crippen LogP contribution in [0.5, 0.6) is 0 Å². The van der Waals surface area contributed by atoms with Crippen LogP contribution in [0, 0.1) is 11.3 Å². The summed E-state index contributed by atoms with van der Waals surface area (Å²) in [5.74, 6) is 1.23. The minimum absolute atomic E-state index is 0.0422. The Morgan fingerprint density at radius 3 is 2.07 bits per heavy atom. The van der Waals surface area contributed by atoms with Gasteiger partial charge < -0.3 is 4.90 Å². The molecule has 0 bridgehead atoms. The van der Waals surface area contributed by atoms with Crippen molar-refractivity contribution in [2.75, 3.05) is 13.1 Å². The summed E-state index contributed by atoms with van der Waals surface area (Å²) < 4.78 is 0. The number of hydrogen-bond donors (Lipinski definition) is 0. The van der Waals surface area contributed by atoms with Crippen LogP contribution in [0.15, 0.2) is 0 Å².